The molecule has 2 heterocycles. The summed E-state index contributed by atoms with van der Waals surface area (Å²) >= 11 is 1.16. The summed E-state index contributed by atoms with van der Waals surface area (Å²) < 4.78 is 35.3. The zero-order valence-electron chi connectivity index (χ0n) is 16.1. The van der Waals surface area contributed by atoms with E-state index in [1.165, 1.54) is 6.07 Å². The van der Waals surface area contributed by atoms with Crippen LogP contribution in [0.5, 0.6) is 11.5 Å². The quantitative estimate of drug-likeness (QED) is 0.566. The molecule has 0 spiro atoms. The normalized spacial score (nSPS) is 12.8. The Balaban J connectivity index is 1.36. The lowest BCUT2D eigenvalue weighted by Crippen LogP contribution is -2.21. The molecule has 2 N–H and O–H groups in total. The smallest absolute Gasteiger partial charge is 0.387 e. The van der Waals surface area contributed by atoms with E-state index >= 15 is 0 Å². The van der Waals surface area contributed by atoms with Crippen molar-refractivity contribution in [2.24, 2.45) is 0 Å². The average Bonchev–Trinajstić information content (AvgIpc) is 3.20. The van der Waals surface area contributed by atoms with Crippen LogP contribution in [0, 0.1) is 0 Å². The summed E-state index contributed by atoms with van der Waals surface area (Å²) in [5, 5.41) is 7.36. The van der Waals surface area contributed by atoms with E-state index in [4.69, 9.17) is 4.74 Å². The number of fused-ring (bicyclic) bond motifs is 1. The second kappa shape index (κ2) is 9.09. The van der Waals surface area contributed by atoms with Gasteiger partial charge in [-0.05, 0) is 42.3 Å². The minimum Gasteiger partial charge on any atom is -0.484 e. The van der Waals surface area contributed by atoms with Gasteiger partial charge < -0.3 is 14.8 Å². The summed E-state index contributed by atoms with van der Waals surface area (Å²) in [6.07, 6.45) is 1.03. The van der Waals surface area contributed by atoms with Gasteiger partial charge in [-0.1, -0.05) is 12.1 Å². The number of rotatable bonds is 7. The van der Waals surface area contributed by atoms with E-state index in [0.29, 0.717) is 35.0 Å². The highest BCUT2D eigenvalue weighted by molar-refractivity contribution is 7.14. The van der Waals surface area contributed by atoms with Gasteiger partial charge in [-0.2, -0.15) is 8.78 Å². The number of benzene rings is 2. The van der Waals surface area contributed by atoms with Crippen molar-refractivity contribution in [2.45, 2.75) is 19.5 Å². The lowest BCUT2D eigenvalue weighted by atomic mass is 10.0. The third kappa shape index (κ3) is 5.15. The molecule has 0 radical (unpaired) electrons. The molecule has 2 amide bonds. The molecule has 1 aromatic heterocycles. The fraction of sp³-hybridized carbons (Fsp3) is 0.190. The number of alkyl halides is 2. The number of halogens is 2. The summed E-state index contributed by atoms with van der Waals surface area (Å²) in [6.45, 7) is -3.18. The molecule has 1 aliphatic rings. The van der Waals surface area contributed by atoms with Crippen molar-refractivity contribution < 1.29 is 27.8 Å². The van der Waals surface area contributed by atoms with Crippen molar-refractivity contribution in [3.05, 3.63) is 53.4 Å². The van der Waals surface area contributed by atoms with Crippen molar-refractivity contribution in [3.63, 3.8) is 0 Å². The Morgan fingerprint density at radius 2 is 2.06 bits per heavy atom. The highest BCUT2D eigenvalue weighted by Gasteiger charge is 2.16. The third-order valence-corrected chi connectivity index (χ3v) is 5.23. The van der Waals surface area contributed by atoms with Gasteiger partial charge in [-0.25, -0.2) is 4.98 Å². The van der Waals surface area contributed by atoms with Crippen LogP contribution in [0.2, 0.25) is 0 Å². The second-order valence-electron chi connectivity index (χ2n) is 6.62. The maximum absolute atomic E-state index is 12.6. The molecule has 0 fully saturated rings. The predicted molar refractivity (Wildman–Crippen MR) is 112 cm³/mol. The van der Waals surface area contributed by atoms with Gasteiger partial charge in [0.1, 0.15) is 11.5 Å². The van der Waals surface area contributed by atoms with Crippen LogP contribution in [-0.2, 0) is 16.0 Å². The molecule has 4 rings (SSSR count). The molecular formula is C21H17F2N3O4S. The number of para-hydroxylation sites is 1. The first-order valence-electron chi connectivity index (χ1n) is 9.33. The lowest BCUT2D eigenvalue weighted by molar-refractivity contribution is -0.118. The largest absolute Gasteiger partial charge is 0.484 e. The van der Waals surface area contributed by atoms with E-state index in [2.05, 4.69) is 20.4 Å². The number of carbonyl (C=O) groups excluding carboxylic acids is 2. The number of aromatic nitrogens is 1. The van der Waals surface area contributed by atoms with E-state index in [-0.39, 0.29) is 18.3 Å². The first kappa shape index (κ1) is 20.7. The number of anilines is 2. The van der Waals surface area contributed by atoms with Gasteiger partial charge in [0.05, 0.1) is 5.69 Å². The van der Waals surface area contributed by atoms with E-state index in [9.17, 15) is 18.4 Å². The van der Waals surface area contributed by atoms with Crippen LogP contribution in [0.1, 0.15) is 12.0 Å². The van der Waals surface area contributed by atoms with Crippen molar-refractivity contribution in [1.82, 2.24) is 4.98 Å². The summed E-state index contributed by atoms with van der Waals surface area (Å²) in [7, 11) is 0. The number of hydrogen-bond acceptors (Lipinski definition) is 6. The van der Waals surface area contributed by atoms with Gasteiger partial charge in [0, 0.05) is 23.1 Å². The van der Waals surface area contributed by atoms with Crippen LogP contribution in [0.25, 0.3) is 11.3 Å². The maximum Gasteiger partial charge on any atom is 0.387 e. The van der Waals surface area contributed by atoms with Gasteiger partial charge in [0.25, 0.3) is 5.91 Å². The molecule has 0 saturated carbocycles. The number of thiazole rings is 1. The topological polar surface area (TPSA) is 89.6 Å². The molecule has 2 aromatic carbocycles. The van der Waals surface area contributed by atoms with Crippen molar-refractivity contribution in [3.8, 4) is 22.8 Å². The zero-order chi connectivity index (χ0) is 21.8. The molecule has 1 aliphatic heterocycles. The molecule has 0 unspecified atom stereocenters. The van der Waals surface area contributed by atoms with Crippen molar-refractivity contribution in [2.75, 3.05) is 17.2 Å². The van der Waals surface area contributed by atoms with Gasteiger partial charge in [-0.3, -0.25) is 14.9 Å². The predicted octanol–water partition coefficient (Wildman–Crippen LogP) is 4.31. The van der Waals surface area contributed by atoms with E-state index in [0.717, 1.165) is 22.6 Å². The molecule has 7 nitrogen and oxygen atoms in total. The number of nitrogens with zero attached hydrogens (tertiary/aromatic N) is 1. The van der Waals surface area contributed by atoms with E-state index in [1.54, 1.807) is 41.8 Å². The molecule has 10 heteroatoms. The summed E-state index contributed by atoms with van der Waals surface area (Å²) in [5.74, 6) is 0.0892. The Bertz CT molecular complexity index is 1120. The van der Waals surface area contributed by atoms with Crippen molar-refractivity contribution >= 4 is 34.0 Å². The van der Waals surface area contributed by atoms with E-state index in [1.807, 2.05) is 0 Å². The van der Waals surface area contributed by atoms with Gasteiger partial charge in [-0.15, -0.1) is 11.3 Å². The van der Waals surface area contributed by atoms with Crippen LogP contribution >= 0.6 is 11.3 Å². The van der Waals surface area contributed by atoms with Gasteiger partial charge in [0.2, 0.25) is 5.91 Å². The SMILES string of the molecule is O=C(COc1ccc2c(c1)CCC(=O)N2)Nc1nc(-c2ccccc2OC(F)F)cs1. The summed E-state index contributed by atoms with van der Waals surface area (Å²) in [6, 6.07) is 11.5. The molecule has 0 aliphatic carbocycles. The fourth-order valence-electron chi connectivity index (χ4n) is 3.09. The molecule has 31 heavy (non-hydrogen) atoms. The first-order valence-corrected chi connectivity index (χ1v) is 10.2. The molecular weight excluding hydrogens is 428 g/mol. The zero-order valence-corrected chi connectivity index (χ0v) is 16.9. The van der Waals surface area contributed by atoms with Crippen LogP contribution in [0.15, 0.2) is 47.8 Å². The van der Waals surface area contributed by atoms with Crippen LogP contribution < -0.4 is 20.1 Å². The number of amides is 2. The second-order valence-corrected chi connectivity index (χ2v) is 7.47. The first-order chi connectivity index (χ1) is 15.0. The number of aryl methyl sites for hydroxylation is 1. The summed E-state index contributed by atoms with van der Waals surface area (Å²) in [5.41, 5.74) is 2.51. The molecule has 3 aromatic rings. The molecule has 0 bridgehead atoms. The highest BCUT2D eigenvalue weighted by Crippen LogP contribution is 2.33. The average molecular weight is 445 g/mol. The monoisotopic (exact) mass is 445 g/mol. The highest BCUT2D eigenvalue weighted by atomic mass is 32.1. The molecule has 0 atom stereocenters. The minimum absolute atomic E-state index is 0.00705. The van der Waals surface area contributed by atoms with Crippen LogP contribution in [-0.4, -0.2) is 30.0 Å². The number of ether oxygens (including phenoxy) is 2. The maximum atomic E-state index is 12.6. The number of nitrogens with one attached hydrogen (secondary N) is 2. The van der Waals surface area contributed by atoms with Crippen LogP contribution in [0.4, 0.5) is 19.6 Å². The van der Waals surface area contributed by atoms with Gasteiger partial charge >= 0.3 is 6.61 Å². The Hall–Kier alpha value is -3.53. The van der Waals surface area contributed by atoms with Gasteiger partial charge in [0.15, 0.2) is 11.7 Å². The Morgan fingerprint density at radius 1 is 1.23 bits per heavy atom. The Kier molecular flexibility index (Phi) is 6.08. The number of carbonyl (C=O) groups is 2. The molecule has 0 saturated heterocycles. The Morgan fingerprint density at radius 3 is 2.90 bits per heavy atom. The third-order valence-electron chi connectivity index (χ3n) is 4.47. The molecule has 160 valence electrons. The minimum atomic E-state index is -2.95. The van der Waals surface area contributed by atoms with Crippen LogP contribution in [0.3, 0.4) is 0 Å². The number of hydrogen-bond donors (Lipinski definition) is 2. The Labute approximate surface area is 180 Å². The lowest BCUT2D eigenvalue weighted by Gasteiger charge is -2.17. The summed E-state index contributed by atoms with van der Waals surface area (Å²) in [4.78, 5) is 27.9. The fourth-order valence-corrected chi connectivity index (χ4v) is 3.81. The standard InChI is InChI=1S/C21H17F2N3O4S/c22-20(23)30-17-4-2-1-3-14(17)16-11-31-21(25-16)26-19(28)10-29-13-6-7-15-12(9-13)5-8-18(27)24-15/h1-4,6-7,9,11,20H,5,8,10H2,(H,24,27)(H,25,26,28). The van der Waals surface area contributed by atoms with E-state index < -0.39 is 12.5 Å². The van der Waals surface area contributed by atoms with Crippen molar-refractivity contribution in [1.29, 1.82) is 0 Å².